The molecule has 2 rings (SSSR count). The molecule has 0 atom stereocenters. The Balaban J connectivity index is 2.10. The third-order valence-electron chi connectivity index (χ3n) is 2.78. The van der Waals surface area contributed by atoms with Gasteiger partial charge in [-0.25, -0.2) is 5.84 Å². The molecule has 0 aliphatic heterocycles. The molecule has 0 aliphatic carbocycles. The largest absolute Gasteiger partial charge is 0.484 e. The van der Waals surface area contributed by atoms with E-state index in [1.165, 1.54) is 6.07 Å². The number of nitrogens with two attached hydrogens (primary N) is 1. The van der Waals surface area contributed by atoms with Crippen LogP contribution in [0.25, 0.3) is 0 Å². The number of amides is 1. The molecule has 108 valence electrons. The van der Waals surface area contributed by atoms with Crippen molar-refractivity contribution in [2.24, 2.45) is 5.84 Å². The van der Waals surface area contributed by atoms with Crippen LogP contribution in [0.5, 0.6) is 5.75 Å². The Kier molecular flexibility index (Phi) is 4.48. The topological polar surface area (TPSA) is 101 Å². The monoisotopic (exact) mass is 305 g/mol. The number of hydrogen-bond donors (Lipinski definition) is 2. The predicted octanol–water partition coefficient (Wildman–Crippen LogP) is 2.30. The molecular formula is C14H12ClN3O3. The van der Waals surface area contributed by atoms with E-state index in [2.05, 4.69) is 0 Å². The number of carbonyl (C=O) groups is 1. The number of nitrogens with zero attached hydrogens (tertiary/aromatic N) is 1. The van der Waals surface area contributed by atoms with Crippen molar-refractivity contribution in [3.05, 3.63) is 51.9 Å². The van der Waals surface area contributed by atoms with Gasteiger partial charge in [0.1, 0.15) is 23.9 Å². The third-order valence-corrected chi connectivity index (χ3v) is 3.07. The minimum Gasteiger partial charge on any atom is -0.484 e. The van der Waals surface area contributed by atoms with E-state index in [9.17, 15) is 4.79 Å². The highest BCUT2D eigenvalue weighted by Crippen LogP contribution is 2.26. The van der Waals surface area contributed by atoms with Gasteiger partial charge in [-0.2, -0.15) is 5.26 Å². The first-order valence-electron chi connectivity index (χ1n) is 5.98. The Morgan fingerprint density at radius 3 is 2.90 bits per heavy atom. The van der Waals surface area contributed by atoms with Gasteiger partial charge in [-0.3, -0.25) is 10.2 Å². The van der Waals surface area contributed by atoms with Crippen molar-refractivity contribution in [1.82, 2.24) is 5.43 Å². The van der Waals surface area contributed by atoms with Crippen molar-refractivity contribution >= 4 is 17.5 Å². The molecule has 0 fully saturated rings. The van der Waals surface area contributed by atoms with Gasteiger partial charge in [0.15, 0.2) is 0 Å². The van der Waals surface area contributed by atoms with Gasteiger partial charge in [-0.1, -0.05) is 11.6 Å². The molecule has 3 N–H and O–H groups in total. The number of rotatable bonds is 4. The van der Waals surface area contributed by atoms with Crippen LogP contribution in [-0.2, 0) is 6.61 Å². The van der Waals surface area contributed by atoms with Crippen molar-refractivity contribution in [2.45, 2.75) is 13.5 Å². The number of halogens is 1. The van der Waals surface area contributed by atoms with Crippen LogP contribution in [-0.4, -0.2) is 5.91 Å². The number of hydrazine groups is 1. The highest BCUT2D eigenvalue weighted by atomic mass is 35.5. The first-order valence-corrected chi connectivity index (χ1v) is 6.35. The van der Waals surface area contributed by atoms with Crippen molar-refractivity contribution < 1.29 is 13.9 Å². The van der Waals surface area contributed by atoms with Gasteiger partial charge in [0.2, 0.25) is 0 Å². The Labute approximate surface area is 126 Å². The lowest BCUT2D eigenvalue weighted by Gasteiger charge is -2.06. The maximum Gasteiger partial charge on any atom is 0.268 e. The van der Waals surface area contributed by atoms with Crippen molar-refractivity contribution in [1.29, 1.82) is 5.26 Å². The second kappa shape index (κ2) is 6.31. The number of benzene rings is 1. The van der Waals surface area contributed by atoms with Crippen LogP contribution in [0.2, 0.25) is 5.02 Å². The molecule has 0 aliphatic rings. The lowest BCUT2D eigenvalue weighted by atomic mass is 10.2. The fraction of sp³-hybridized carbons (Fsp3) is 0.143. The molecule has 0 bridgehead atoms. The summed E-state index contributed by atoms with van der Waals surface area (Å²) in [4.78, 5) is 11.5. The lowest BCUT2D eigenvalue weighted by molar-refractivity contribution is 0.0952. The number of carbonyl (C=O) groups excluding carboxylic acids is 1. The molecule has 0 saturated carbocycles. The molecule has 21 heavy (non-hydrogen) atoms. The van der Waals surface area contributed by atoms with Crippen LogP contribution < -0.4 is 16.0 Å². The zero-order chi connectivity index (χ0) is 15.4. The summed E-state index contributed by atoms with van der Waals surface area (Å²) in [7, 11) is 0. The maximum atomic E-state index is 11.5. The van der Waals surface area contributed by atoms with Gasteiger partial charge in [-0.15, -0.1) is 0 Å². The van der Waals surface area contributed by atoms with Crippen LogP contribution >= 0.6 is 11.6 Å². The normalized spacial score (nSPS) is 10.0. The Morgan fingerprint density at radius 2 is 2.29 bits per heavy atom. The number of ether oxygens (including phenoxy) is 1. The molecule has 2 aromatic rings. The standard InChI is InChI=1S/C14H12ClN3O3/c1-8-11(14(19)18-17)5-10(21-8)7-20-13-3-2-9(6-16)4-12(13)15/h2-5H,7,17H2,1H3,(H,18,19). The Hall–Kier alpha value is -2.49. The molecule has 0 unspecified atom stereocenters. The summed E-state index contributed by atoms with van der Waals surface area (Å²) in [5.41, 5.74) is 2.84. The van der Waals surface area contributed by atoms with Gasteiger partial charge in [0.05, 0.1) is 22.2 Å². The molecule has 1 heterocycles. The van der Waals surface area contributed by atoms with Crippen molar-refractivity contribution in [3.8, 4) is 11.8 Å². The lowest BCUT2D eigenvalue weighted by Crippen LogP contribution is -2.30. The zero-order valence-electron chi connectivity index (χ0n) is 11.1. The molecule has 1 aromatic heterocycles. The zero-order valence-corrected chi connectivity index (χ0v) is 11.9. The van der Waals surface area contributed by atoms with E-state index in [-0.39, 0.29) is 6.61 Å². The average molecular weight is 306 g/mol. The summed E-state index contributed by atoms with van der Waals surface area (Å²) < 4.78 is 10.9. The highest BCUT2D eigenvalue weighted by Gasteiger charge is 2.14. The first kappa shape index (κ1) is 14.9. The Morgan fingerprint density at radius 1 is 1.52 bits per heavy atom. The number of hydrogen-bond acceptors (Lipinski definition) is 5. The van der Waals surface area contributed by atoms with Gasteiger partial charge in [-0.05, 0) is 31.2 Å². The van der Waals surface area contributed by atoms with E-state index in [0.29, 0.717) is 33.4 Å². The van der Waals surface area contributed by atoms with E-state index < -0.39 is 5.91 Å². The summed E-state index contributed by atoms with van der Waals surface area (Å²) in [5, 5.41) is 9.09. The van der Waals surface area contributed by atoms with Gasteiger partial charge >= 0.3 is 0 Å². The predicted molar refractivity (Wildman–Crippen MR) is 75.6 cm³/mol. The van der Waals surface area contributed by atoms with Crippen molar-refractivity contribution in [3.63, 3.8) is 0 Å². The number of aryl methyl sites for hydroxylation is 1. The highest BCUT2D eigenvalue weighted by molar-refractivity contribution is 6.32. The average Bonchev–Trinajstić information content (AvgIpc) is 2.86. The Bertz CT molecular complexity index is 719. The molecule has 6 nitrogen and oxygen atoms in total. The van der Waals surface area contributed by atoms with Crippen LogP contribution in [0.1, 0.15) is 27.4 Å². The van der Waals surface area contributed by atoms with Gasteiger partial charge in [0.25, 0.3) is 5.91 Å². The van der Waals surface area contributed by atoms with E-state index in [1.54, 1.807) is 25.1 Å². The number of nitriles is 1. The maximum absolute atomic E-state index is 11.5. The fourth-order valence-electron chi connectivity index (χ4n) is 1.75. The molecule has 0 saturated heterocycles. The summed E-state index contributed by atoms with van der Waals surface area (Å²) >= 11 is 6.00. The van der Waals surface area contributed by atoms with E-state index in [1.807, 2.05) is 11.5 Å². The summed E-state index contributed by atoms with van der Waals surface area (Å²) in [6, 6.07) is 8.25. The second-order valence-electron chi connectivity index (χ2n) is 4.20. The summed E-state index contributed by atoms with van der Waals surface area (Å²) in [5.74, 6) is 5.98. The quantitative estimate of drug-likeness (QED) is 0.512. The van der Waals surface area contributed by atoms with Gasteiger partial charge < -0.3 is 9.15 Å². The molecule has 1 aromatic carbocycles. The van der Waals surface area contributed by atoms with Crippen LogP contribution in [0.3, 0.4) is 0 Å². The van der Waals surface area contributed by atoms with Crippen LogP contribution in [0.4, 0.5) is 0 Å². The third kappa shape index (κ3) is 3.34. The minimum absolute atomic E-state index is 0.101. The van der Waals surface area contributed by atoms with E-state index >= 15 is 0 Å². The number of furan rings is 1. The SMILES string of the molecule is Cc1oc(COc2ccc(C#N)cc2Cl)cc1C(=O)NN. The van der Waals surface area contributed by atoms with Crippen LogP contribution in [0, 0.1) is 18.3 Å². The summed E-state index contributed by atoms with van der Waals surface area (Å²) in [6.07, 6.45) is 0. The fourth-order valence-corrected chi connectivity index (χ4v) is 1.99. The molecule has 7 heteroatoms. The van der Waals surface area contributed by atoms with Crippen molar-refractivity contribution in [2.75, 3.05) is 0 Å². The van der Waals surface area contributed by atoms with Crippen LogP contribution in [0.15, 0.2) is 28.7 Å². The van der Waals surface area contributed by atoms with E-state index in [4.69, 9.17) is 31.9 Å². The van der Waals surface area contributed by atoms with E-state index in [0.717, 1.165) is 0 Å². The first-order chi connectivity index (χ1) is 10.0. The smallest absolute Gasteiger partial charge is 0.268 e. The number of nitrogens with one attached hydrogen (secondary N) is 1. The molecule has 0 spiro atoms. The second-order valence-corrected chi connectivity index (χ2v) is 4.61. The molecule has 1 amide bonds. The molecule has 0 radical (unpaired) electrons. The van der Waals surface area contributed by atoms with Gasteiger partial charge in [0, 0.05) is 0 Å². The minimum atomic E-state index is -0.432. The number of nitrogen functional groups attached to an aromatic ring is 1. The summed E-state index contributed by atoms with van der Waals surface area (Å²) in [6.45, 7) is 1.76. The molecular weight excluding hydrogens is 294 g/mol.